The van der Waals surface area contributed by atoms with Gasteiger partial charge in [0.25, 0.3) is 0 Å². The van der Waals surface area contributed by atoms with Crippen LogP contribution >= 0.6 is 0 Å². The third-order valence-electron chi connectivity index (χ3n) is 6.59. The molecule has 4 rings (SSSR count). The quantitative estimate of drug-likeness (QED) is 0.428. The monoisotopic (exact) mass is 449 g/mol. The maximum absolute atomic E-state index is 13.8. The largest absolute Gasteiger partial charge is 0.417 e. The van der Waals surface area contributed by atoms with Gasteiger partial charge >= 0.3 is 12.4 Å². The SMILES string of the molecule is O=C(C[C@H]1COCC[C@@H]1N1CCCC1)c1c(C2CC2)cc(C(F)(F)F)cc1C(F)(F)F. The van der Waals surface area contributed by atoms with Gasteiger partial charge in [0.2, 0.25) is 0 Å². The number of ketones is 1. The summed E-state index contributed by atoms with van der Waals surface area (Å²) in [6, 6.07) is 0.887. The molecule has 2 aliphatic heterocycles. The molecule has 0 radical (unpaired) electrons. The van der Waals surface area contributed by atoms with Gasteiger partial charge in [-0.3, -0.25) is 9.69 Å². The van der Waals surface area contributed by atoms with E-state index in [-0.39, 0.29) is 36.6 Å². The van der Waals surface area contributed by atoms with E-state index in [2.05, 4.69) is 4.90 Å². The molecule has 0 amide bonds. The van der Waals surface area contributed by atoms with Crippen LogP contribution in [0.2, 0.25) is 0 Å². The van der Waals surface area contributed by atoms with Gasteiger partial charge in [0.05, 0.1) is 17.7 Å². The summed E-state index contributed by atoms with van der Waals surface area (Å²) in [6.45, 7) is 2.58. The van der Waals surface area contributed by atoms with Crippen LogP contribution in [0.25, 0.3) is 0 Å². The number of nitrogens with zero attached hydrogens (tertiary/aromatic N) is 1. The molecule has 0 unspecified atom stereocenters. The predicted molar refractivity (Wildman–Crippen MR) is 101 cm³/mol. The minimum Gasteiger partial charge on any atom is -0.381 e. The normalized spacial score (nSPS) is 25.7. The molecule has 2 heterocycles. The first-order valence-electron chi connectivity index (χ1n) is 10.7. The Morgan fingerprint density at radius 3 is 2.26 bits per heavy atom. The lowest BCUT2D eigenvalue weighted by molar-refractivity contribution is -0.143. The molecular formula is C22H25F6NO2. The Labute approximate surface area is 176 Å². The van der Waals surface area contributed by atoms with Gasteiger partial charge in [-0.05, 0) is 68.8 Å². The zero-order chi connectivity index (χ0) is 22.4. The second kappa shape index (κ2) is 8.39. The highest BCUT2D eigenvalue weighted by molar-refractivity contribution is 5.99. The minimum atomic E-state index is -5.05. The van der Waals surface area contributed by atoms with Crippen LogP contribution in [0.3, 0.4) is 0 Å². The number of carbonyl (C=O) groups is 1. The van der Waals surface area contributed by atoms with E-state index in [9.17, 15) is 31.1 Å². The van der Waals surface area contributed by atoms with E-state index >= 15 is 0 Å². The number of benzene rings is 1. The van der Waals surface area contributed by atoms with Gasteiger partial charge in [0, 0.05) is 30.6 Å². The number of ether oxygens (including phenoxy) is 1. The second-order valence-electron chi connectivity index (χ2n) is 8.82. The van der Waals surface area contributed by atoms with Crippen LogP contribution in [-0.2, 0) is 17.1 Å². The highest BCUT2D eigenvalue weighted by atomic mass is 19.4. The van der Waals surface area contributed by atoms with Crippen molar-refractivity contribution in [2.24, 2.45) is 5.92 Å². The standard InChI is InChI=1S/C22H25F6NO2/c23-21(24,25)15-10-16(13-3-4-13)20(17(11-15)22(26,27)28)19(30)9-14-12-31-8-5-18(14)29-6-1-2-7-29/h10-11,13-14,18H,1-9,12H2/t14-,18-/m0/s1. The molecule has 0 aromatic heterocycles. The zero-order valence-electron chi connectivity index (χ0n) is 17.0. The van der Waals surface area contributed by atoms with Crippen molar-refractivity contribution in [1.29, 1.82) is 0 Å². The van der Waals surface area contributed by atoms with Crippen LogP contribution < -0.4 is 0 Å². The van der Waals surface area contributed by atoms with Crippen LogP contribution in [0.4, 0.5) is 26.3 Å². The summed E-state index contributed by atoms with van der Waals surface area (Å²) in [6.07, 6.45) is -6.36. The molecule has 2 saturated heterocycles. The first-order chi connectivity index (χ1) is 14.6. The summed E-state index contributed by atoms with van der Waals surface area (Å²) in [5, 5.41) is 0. The Hall–Kier alpha value is -1.61. The second-order valence-corrected chi connectivity index (χ2v) is 8.82. The predicted octanol–water partition coefficient (Wildman–Crippen LogP) is 5.68. The zero-order valence-corrected chi connectivity index (χ0v) is 17.0. The molecule has 3 nitrogen and oxygen atoms in total. The minimum absolute atomic E-state index is 0.0494. The third-order valence-corrected chi connectivity index (χ3v) is 6.59. The van der Waals surface area contributed by atoms with E-state index in [1.807, 2.05) is 0 Å². The van der Waals surface area contributed by atoms with Crippen molar-refractivity contribution in [1.82, 2.24) is 4.90 Å². The Morgan fingerprint density at radius 2 is 1.68 bits per heavy atom. The van der Waals surface area contributed by atoms with E-state index in [1.54, 1.807) is 0 Å². The number of carbonyl (C=O) groups excluding carboxylic acids is 1. The maximum Gasteiger partial charge on any atom is 0.417 e. The van der Waals surface area contributed by atoms with Crippen molar-refractivity contribution in [3.8, 4) is 0 Å². The highest BCUT2D eigenvalue weighted by Gasteiger charge is 2.44. The van der Waals surface area contributed by atoms with Crippen molar-refractivity contribution >= 4 is 5.78 Å². The Morgan fingerprint density at radius 1 is 1.00 bits per heavy atom. The van der Waals surface area contributed by atoms with E-state index in [0.29, 0.717) is 25.9 Å². The lowest BCUT2D eigenvalue weighted by atomic mass is 9.84. The molecule has 3 aliphatic rings. The van der Waals surface area contributed by atoms with Crippen LogP contribution in [0.1, 0.15) is 71.5 Å². The van der Waals surface area contributed by atoms with Gasteiger partial charge in [-0.1, -0.05) is 0 Å². The van der Waals surface area contributed by atoms with Gasteiger partial charge in [-0.2, -0.15) is 26.3 Å². The first-order valence-corrected chi connectivity index (χ1v) is 10.7. The molecular weight excluding hydrogens is 424 g/mol. The van der Waals surface area contributed by atoms with Crippen molar-refractivity contribution in [3.63, 3.8) is 0 Å². The summed E-state index contributed by atoms with van der Waals surface area (Å²) in [4.78, 5) is 15.5. The van der Waals surface area contributed by atoms with Gasteiger partial charge in [-0.25, -0.2) is 0 Å². The Bertz CT molecular complexity index is 825. The lowest BCUT2D eigenvalue weighted by Gasteiger charge is -2.37. The average Bonchev–Trinajstić information content (AvgIpc) is 3.40. The number of halogens is 6. The molecule has 1 saturated carbocycles. The number of alkyl halides is 6. The van der Waals surface area contributed by atoms with E-state index in [0.717, 1.165) is 32.0 Å². The van der Waals surface area contributed by atoms with Crippen molar-refractivity contribution < 1.29 is 35.9 Å². The van der Waals surface area contributed by atoms with E-state index < -0.39 is 40.7 Å². The van der Waals surface area contributed by atoms with Gasteiger partial charge in [0.15, 0.2) is 5.78 Å². The Balaban J connectivity index is 1.69. The number of hydrogen-bond acceptors (Lipinski definition) is 3. The van der Waals surface area contributed by atoms with E-state index in [4.69, 9.17) is 4.74 Å². The summed E-state index contributed by atoms with van der Waals surface area (Å²) < 4.78 is 86.7. The highest BCUT2D eigenvalue weighted by Crippen LogP contribution is 2.48. The molecule has 172 valence electrons. The van der Waals surface area contributed by atoms with Crippen LogP contribution in [0, 0.1) is 5.92 Å². The summed E-state index contributed by atoms with van der Waals surface area (Å²) in [5.41, 5.74) is -3.51. The number of likely N-dealkylation sites (tertiary alicyclic amines) is 1. The third kappa shape index (κ3) is 4.92. The van der Waals surface area contributed by atoms with E-state index in [1.165, 1.54) is 0 Å². The molecule has 0 bridgehead atoms. The maximum atomic E-state index is 13.8. The number of hydrogen-bond donors (Lipinski definition) is 0. The molecule has 1 aromatic rings. The average molecular weight is 449 g/mol. The molecule has 31 heavy (non-hydrogen) atoms. The summed E-state index contributed by atoms with van der Waals surface area (Å²) in [7, 11) is 0. The van der Waals surface area contributed by atoms with Gasteiger partial charge in [0.1, 0.15) is 0 Å². The lowest BCUT2D eigenvalue weighted by Crippen LogP contribution is -2.45. The molecule has 1 aliphatic carbocycles. The van der Waals surface area contributed by atoms with Gasteiger partial charge in [-0.15, -0.1) is 0 Å². The summed E-state index contributed by atoms with van der Waals surface area (Å²) in [5.74, 6) is -1.43. The molecule has 0 spiro atoms. The number of Topliss-reactive ketones (excluding diaryl/α,β-unsaturated/α-hetero) is 1. The van der Waals surface area contributed by atoms with Crippen LogP contribution in [0.15, 0.2) is 12.1 Å². The smallest absolute Gasteiger partial charge is 0.381 e. The molecule has 3 fully saturated rings. The molecule has 2 atom stereocenters. The fraction of sp³-hybridized carbons (Fsp3) is 0.682. The van der Waals surface area contributed by atoms with Crippen molar-refractivity contribution in [2.75, 3.05) is 26.3 Å². The topological polar surface area (TPSA) is 29.5 Å². The fourth-order valence-electron chi connectivity index (χ4n) is 4.95. The Kier molecular flexibility index (Phi) is 6.11. The van der Waals surface area contributed by atoms with Crippen LogP contribution in [0.5, 0.6) is 0 Å². The first kappa shape index (κ1) is 22.6. The van der Waals surface area contributed by atoms with Crippen LogP contribution in [-0.4, -0.2) is 43.0 Å². The summed E-state index contributed by atoms with van der Waals surface area (Å²) >= 11 is 0. The van der Waals surface area contributed by atoms with Crippen molar-refractivity contribution in [3.05, 3.63) is 34.4 Å². The fourth-order valence-corrected chi connectivity index (χ4v) is 4.95. The number of rotatable bonds is 5. The molecule has 1 aromatic carbocycles. The van der Waals surface area contributed by atoms with Crippen molar-refractivity contribution in [2.45, 2.75) is 62.8 Å². The van der Waals surface area contributed by atoms with Gasteiger partial charge < -0.3 is 4.74 Å². The molecule has 0 N–H and O–H groups in total. The molecule has 9 heteroatoms.